The molecule has 0 amide bonds. The molecule has 1 aliphatic heterocycles. The van der Waals surface area contributed by atoms with Crippen LogP contribution in [0, 0.1) is 24.2 Å². The van der Waals surface area contributed by atoms with Crippen molar-refractivity contribution in [2.24, 2.45) is 17.3 Å². The summed E-state index contributed by atoms with van der Waals surface area (Å²) in [5.41, 5.74) is 1.67. The molecule has 1 unspecified atom stereocenters. The van der Waals surface area contributed by atoms with Gasteiger partial charge in [-0.05, 0) is 95.2 Å². The maximum atomic E-state index is 13.0. The first kappa shape index (κ1) is 24.9. The summed E-state index contributed by atoms with van der Waals surface area (Å²) in [7, 11) is -0.465. The molecule has 2 bridgehead atoms. The van der Waals surface area contributed by atoms with Crippen molar-refractivity contribution in [1.82, 2.24) is 0 Å². The van der Waals surface area contributed by atoms with Crippen molar-refractivity contribution in [2.45, 2.75) is 97.2 Å². The third-order valence-electron chi connectivity index (χ3n) is 8.12. The van der Waals surface area contributed by atoms with Gasteiger partial charge in [0.1, 0.15) is 16.9 Å². The van der Waals surface area contributed by atoms with Crippen molar-refractivity contribution in [3.8, 4) is 5.75 Å². The van der Waals surface area contributed by atoms with E-state index >= 15 is 0 Å². The summed E-state index contributed by atoms with van der Waals surface area (Å²) in [6.45, 7) is 16.8. The Kier molecular flexibility index (Phi) is 6.38. The molecule has 1 aromatic carbocycles. The van der Waals surface area contributed by atoms with Crippen molar-refractivity contribution in [2.75, 3.05) is 6.61 Å². The van der Waals surface area contributed by atoms with Gasteiger partial charge in [-0.1, -0.05) is 19.9 Å². The molecule has 0 aromatic heterocycles. The number of carbonyl (C=O) groups excluding carboxylic acids is 1. The molecule has 4 fully saturated rings. The third-order valence-corrected chi connectivity index (χ3v) is 8.48. The van der Waals surface area contributed by atoms with Gasteiger partial charge in [0.15, 0.2) is 0 Å². The number of ether oxygens (including phenoxy) is 2. The van der Waals surface area contributed by atoms with E-state index in [1.54, 1.807) is 0 Å². The van der Waals surface area contributed by atoms with E-state index in [1.807, 2.05) is 46.8 Å². The maximum Gasteiger partial charge on any atom is 0.477 e. The SMILES string of the molecule is CCOc1ccc(C[C@@H](Cl)B2OC3C[C@@H]4C[C@@H](C4(C)C)[C@]3(C)O2)c(C)c1C(=O)OC(C)(C)C. The Balaban J connectivity index is 1.53. The molecule has 4 aliphatic rings. The Morgan fingerprint density at radius 3 is 2.58 bits per heavy atom. The smallest absolute Gasteiger partial charge is 0.477 e. The summed E-state index contributed by atoms with van der Waals surface area (Å²) < 4.78 is 24.3. The molecule has 0 radical (unpaired) electrons. The molecule has 182 valence electrons. The van der Waals surface area contributed by atoms with E-state index in [9.17, 15) is 4.79 Å². The number of carbonyl (C=O) groups is 1. The molecule has 5 rings (SSSR count). The highest BCUT2D eigenvalue weighted by molar-refractivity contribution is 6.60. The molecule has 5 atom stereocenters. The molecule has 1 heterocycles. The van der Waals surface area contributed by atoms with Crippen LogP contribution >= 0.6 is 11.6 Å². The summed E-state index contributed by atoms with van der Waals surface area (Å²) in [4.78, 5) is 13.0. The monoisotopic (exact) mass is 476 g/mol. The lowest BCUT2D eigenvalue weighted by Crippen LogP contribution is -2.65. The van der Waals surface area contributed by atoms with E-state index in [2.05, 4.69) is 20.8 Å². The van der Waals surface area contributed by atoms with Crippen molar-refractivity contribution in [3.05, 3.63) is 28.8 Å². The van der Waals surface area contributed by atoms with Gasteiger partial charge in [0.05, 0.1) is 23.6 Å². The number of rotatable bonds is 6. The van der Waals surface area contributed by atoms with Gasteiger partial charge in [-0.15, -0.1) is 11.6 Å². The molecular weight excluding hydrogens is 439 g/mol. The van der Waals surface area contributed by atoms with Gasteiger partial charge >= 0.3 is 13.1 Å². The molecular formula is C26H38BClO5. The first-order chi connectivity index (χ1) is 15.3. The number of benzene rings is 1. The van der Waals surface area contributed by atoms with E-state index in [0.717, 1.165) is 17.5 Å². The predicted molar refractivity (Wildman–Crippen MR) is 131 cm³/mol. The topological polar surface area (TPSA) is 54.0 Å². The van der Waals surface area contributed by atoms with Crippen LogP contribution in [0.3, 0.4) is 0 Å². The highest BCUT2D eigenvalue weighted by Crippen LogP contribution is 2.65. The maximum absolute atomic E-state index is 13.0. The predicted octanol–water partition coefficient (Wildman–Crippen LogP) is 5.77. The number of alkyl halides is 1. The fourth-order valence-electron chi connectivity index (χ4n) is 6.17. The molecule has 0 spiro atoms. The molecule has 7 heteroatoms. The number of hydrogen-bond donors (Lipinski definition) is 0. The minimum absolute atomic E-state index is 0.0966. The molecule has 33 heavy (non-hydrogen) atoms. The van der Waals surface area contributed by atoms with Crippen molar-refractivity contribution >= 4 is 24.7 Å². The zero-order valence-electron chi connectivity index (χ0n) is 21.3. The Hall–Kier alpha value is -1.24. The summed E-state index contributed by atoms with van der Waals surface area (Å²) in [5.74, 6) is 1.34. The molecule has 1 saturated heterocycles. The van der Waals surface area contributed by atoms with Crippen LogP contribution in [0.2, 0.25) is 0 Å². The van der Waals surface area contributed by atoms with Gasteiger partial charge in [-0.3, -0.25) is 0 Å². The van der Waals surface area contributed by atoms with Crippen LogP contribution < -0.4 is 4.74 Å². The Morgan fingerprint density at radius 1 is 1.27 bits per heavy atom. The average molecular weight is 477 g/mol. The minimum Gasteiger partial charge on any atom is -0.493 e. The van der Waals surface area contributed by atoms with E-state index in [0.29, 0.717) is 41.6 Å². The first-order valence-corrected chi connectivity index (χ1v) is 12.7. The lowest BCUT2D eigenvalue weighted by Gasteiger charge is -2.64. The van der Waals surface area contributed by atoms with Crippen molar-refractivity contribution < 1.29 is 23.6 Å². The summed E-state index contributed by atoms with van der Waals surface area (Å²) in [5, 5.41) is -0.365. The van der Waals surface area contributed by atoms with E-state index < -0.39 is 12.7 Å². The largest absolute Gasteiger partial charge is 0.493 e. The van der Waals surface area contributed by atoms with Gasteiger partial charge < -0.3 is 18.8 Å². The first-order valence-electron chi connectivity index (χ1n) is 12.2. The zero-order chi connectivity index (χ0) is 24.3. The van der Waals surface area contributed by atoms with Gasteiger partial charge in [-0.25, -0.2) is 4.79 Å². The zero-order valence-corrected chi connectivity index (χ0v) is 22.0. The van der Waals surface area contributed by atoms with Crippen LogP contribution in [0.4, 0.5) is 0 Å². The second kappa shape index (κ2) is 8.46. The Morgan fingerprint density at radius 2 is 1.97 bits per heavy atom. The lowest BCUT2D eigenvalue weighted by atomic mass is 9.43. The van der Waals surface area contributed by atoms with Crippen LogP contribution in [0.15, 0.2) is 12.1 Å². The van der Waals surface area contributed by atoms with Crippen LogP contribution in [0.25, 0.3) is 0 Å². The highest BCUT2D eigenvalue weighted by atomic mass is 35.5. The highest BCUT2D eigenvalue weighted by Gasteiger charge is 2.68. The fourth-order valence-corrected chi connectivity index (χ4v) is 6.45. The molecule has 1 aromatic rings. The quantitative estimate of drug-likeness (QED) is 0.296. The second-order valence-electron chi connectivity index (χ2n) is 11.7. The number of esters is 1. The van der Waals surface area contributed by atoms with Crippen LogP contribution in [-0.4, -0.2) is 42.3 Å². The van der Waals surface area contributed by atoms with E-state index in [-0.39, 0.29) is 23.0 Å². The molecule has 3 aliphatic carbocycles. The molecule has 0 N–H and O–H groups in total. The van der Waals surface area contributed by atoms with E-state index in [4.69, 9.17) is 30.4 Å². The Bertz CT molecular complexity index is 926. The summed E-state index contributed by atoms with van der Waals surface area (Å²) in [6.07, 6.45) is 2.87. The standard InChI is InChI=1S/C26H38BClO5/c1-9-30-18-11-10-16(15(2)22(18)23(29)31-24(3,4)5)12-21(28)27-32-20-14-17-13-19(25(17,6)7)26(20,8)33-27/h10-11,17,19-21H,9,12-14H2,1-8H3/t17-,19-,20?,21+,26-/m0/s1. The lowest BCUT2D eigenvalue weighted by molar-refractivity contribution is -0.199. The number of halogens is 1. The van der Waals surface area contributed by atoms with Gasteiger partial charge in [-0.2, -0.15) is 0 Å². The summed E-state index contributed by atoms with van der Waals surface area (Å²) in [6, 6.07) is 3.82. The minimum atomic E-state index is -0.594. The van der Waals surface area contributed by atoms with Crippen molar-refractivity contribution in [3.63, 3.8) is 0 Å². The van der Waals surface area contributed by atoms with Crippen LogP contribution in [0.5, 0.6) is 5.75 Å². The summed E-state index contributed by atoms with van der Waals surface area (Å²) >= 11 is 6.89. The third kappa shape index (κ3) is 4.32. The number of hydrogen-bond acceptors (Lipinski definition) is 5. The van der Waals surface area contributed by atoms with E-state index in [1.165, 1.54) is 6.42 Å². The van der Waals surface area contributed by atoms with Gasteiger partial charge in [0.25, 0.3) is 0 Å². The fraction of sp³-hybridized carbons (Fsp3) is 0.731. The van der Waals surface area contributed by atoms with Crippen LogP contribution in [-0.2, 0) is 20.5 Å². The van der Waals surface area contributed by atoms with Gasteiger partial charge in [0.2, 0.25) is 0 Å². The van der Waals surface area contributed by atoms with Gasteiger partial charge in [0, 0.05) is 0 Å². The molecule has 5 nitrogen and oxygen atoms in total. The Labute approximate surface area is 204 Å². The normalized spacial score (nSPS) is 30.9. The average Bonchev–Trinajstić information content (AvgIpc) is 3.06. The van der Waals surface area contributed by atoms with Crippen LogP contribution in [0.1, 0.15) is 82.8 Å². The van der Waals surface area contributed by atoms with Crippen molar-refractivity contribution in [1.29, 1.82) is 0 Å². The second-order valence-corrected chi connectivity index (χ2v) is 12.3. The molecule has 3 saturated carbocycles.